The van der Waals surface area contributed by atoms with Crippen molar-refractivity contribution in [3.8, 4) is 5.75 Å². The maximum atomic E-state index is 12.3. The number of amides is 2. The molecule has 2 amide bonds. The highest BCUT2D eigenvalue weighted by Crippen LogP contribution is 2.40. The van der Waals surface area contributed by atoms with Crippen LogP contribution in [-0.4, -0.2) is 85.1 Å². The number of carbonyl (C=O) groups is 2. The lowest BCUT2D eigenvalue weighted by Crippen LogP contribution is -2.52. The molecule has 11 nitrogen and oxygen atoms in total. The lowest BCUT2D eigenvalue weighted by atomic mass is 10.1. The van der Waals surface area contributed by atoms with Crippen molar-refractivity contribution in [3.05, 3.63) is 76.8 Å². The monoisotopic (exact) mass is 617 g/mol. The quantitative estimate of drug-likeness (QED) is 0.341. The van der Waals surface area contributed by atoms with Gasteiger partial charge in [0, 0.05) is 54.8 Å². The number of nitrogens with one attached hydrogen (secondary N) is 1. The van der Waals surface area contributed by atoms with E-state index in [9.17, 15) is 9.59 Å². The third-order valence-electron chi connectivity index (χ3n) is 7.04. The van der Waals surface area contributed by atoms with Gasteiger partial charge >= 0.3 is 12.0 Å². The molecule has 2 saturated heterocycles. The summed E-state index contributed by atoms with van der Waals surface area (Å²) in [5.74, 6) is -0.854. The Morgan fingerprint density at radius 1 is 1.12 bits per heavy atom. The summed E-state index contributed by atoms with van der Waals surface area (Å²) in [6.07, 6.45) is 4.90. The molecule has 2 unspecified atom stereocenters. The number of imidazole rings is 1. The number of rotatable bonds is 10. The van der Waals surface area contributed by atoms with E-state index in [0.29, 0.717) is 60.7 Å². The maximum absolute atomic E-state index is 12.3. The third kappa shape index (κ3) is 7.27. The van der Waals surface area contributed by atoms with E-state index >= 15 is 0 Å². The number of anilines is 1. The summed E-state index contributed by atoms with van der Waals surface area (Å²) < 4.78 is 25.5. The number of ether oxygens (including phenoxy) is 4. The fourth-order valence-electron chi connectivity index (χ4n) is 4.96. The lowest BCUT2D eigenvalue weighted by Gasteiger charge is -2.36. The van der Waals surface area contributed by atoms with E-state index in [1.54, 1.807) is 36.5 Å². The van der Waals surface area contributed by atoms with Gasteiger partial charge in [-0.1, -0.05) is 29.3 Å². The highest BCUT2D eigenvalue weighted by atomic mass is 35.5. The number of aromatic nitrogens is 2. The van der Waals surface area contributed by atoms with Crippen molar-refractivity contribution in [2.45, 2.75) is 25.4 Å². The van der Waals surface area contributed by atoms with Crippen molar-refractivity contribution in [3.63, 3.8) is 0 Å². The van der Waals surface area contributed by atoms with E-state index in [1.165, 1.54) is 0 Å². The average Bonchev–Trinajstić information content (AvgIpc) is 3.66. The second-order valence-electron chi connectivity index (χ2n) is 9.91. The first-order valence-electron chi connectivity index (χ1n) is 13.7. The second-order valence-corrected chi connectivity index (χ2v) is 10.7. The van der Waals surface area contributed by atoms with Gasteiger partial charge in [-0.15, -0.1) is 0 Å². The summed E-state index contributed by atoms with van der Waals surface area (Å²) in [6.45, 7) is 5.29. The largest absolute Gasteiger partial charge is 0.491 e. The molecular formula is C29H33Cl2N5O6. The van der Waals surface area contributed by atoms with Crippen LogP contribution in [0.5, 0.6) is 5.75 Å². The van der Waals surface area contributed by atoms with Gasteiger partial charge < -0.3 is 38.6 Å². The molecule has 0 saturated carbocycles. The zero-order valence-electron chi connectivity index (χ0n) is 23.2. The molecule has 2 atom stereocenters. The number of piperazine rings is 1. The molecule has 0 spiro atoms. The normalized spacial score (nSPS) is 20.4. The van der Waals surface area contributed by atoms with Crippen LogP contribution in [0.4, 0.5) is 10.5 Å². The third-order valence-corrected chi connectivity index (χ3v) is 7.59. The molecule has 42 heavy (non-hydrogen) atoms. The zero-order valence-corrected chi connectivity index (χ0v) is 24.7. The summed E-state index contributed by atoms with van der Waals surface area (Å²) in [7, 11) is 0. The highest BCUT2D eigenvalue weighted by molar-refractivity contribution is 6.35. The minimum Gasteiger partial charge on any atom is -0.491 e. The van der Waals surface area contributed by atoms with Gasteiger partial charge in [-0.2, -0.15) is 0 Å². The predicted molar refractivity (Wildman–Crippen MR) is 157 cm³/mol. The summed E-state index contributed by atoms with van der Waals surface area (Å²) >= 11 is 12.7. The Kier molecular flexibility index (Phi) is 9.73. The van der Waals surface area contributed by atoms with Crippen LogP contribution in [0.3, 0.4) is 0 Å². The van der Waals surface area contributed by atoms with E-state index in [1.807, 2.05) is 41.1 Å². The van der Waals surface area contributed by atoms with Gasteiger partial charge in [-0.3, -0.25) is 4.79 Å². The number of esters is 1. The van der Waals surface area contributed by atoms with Crippen LogP contribution in [-0.2, 0) is 31.3 Å². The van der Waals surface area contributed by atoms with Gasteiger partial charge in [-0.05, 0) is 43.3 Å². The Morgan fingerprint density at radius 2 is 1.90 bits per heavy atom. The first-order chi connectivity index (χ1) is 20.3. The minimum atomic E-state index is -1.11. The van der Waals surface area contributed by atoms with Crippen LogP contribution < -0.4 is 15.0 Å². The Morgan fingerprint density at radius 3 is 2.60 bits per heavy atom. The summed E-state index contributed by atoms with van der Waals surface area (Å²) in [5, 5.41) is 3.59. The molecule has 0 bridgehead atoms. The molecule has 224 valence electrons. The molecular weight excluding hydrogens is 585 g/mol. The minimum absolute atomic E-state index is 0.132. The Hall–Kier alpha value is -3.51. The van der Waals surface area contributed by atoms with Crippen molar-refractivity contribution in [1.29, 1.82) is 0 Å². The molecule has 2 aliphatic heterocycles. The number of halogens is 2. The number of carbonyl (C=O) groups excluding carboxylic acids is 2. The lowest BCUT2D eigenvalue weighted by molar-refractivity contribution is -0.189. The van der Waals surface area contributed by atoms with E-state index < -0.39 is 11.8 Å². The van der Waals surface area contributed by atoms with E-state index in [4.69, 9.17) is 42.1 Å². The topological polar surface area (TPSA) is 107 Å². The van der Waals surface area contributed by atoms with Gasteiger partial charge in [0.15, 0.2) is 0 Å². The van der Waals surface area contributed by atoms with E-state index in [0.717, 1.165) is 5.69 Å². The zero-order chi connectivity index (χ0) is 29.5. The fraction of sp³-hybridized carbons (Fsp3) is 0.414. The second kappa shape index (κ2) is 13.6. The van der Waals surface area contributed by atoms with Crippen LogP contribution in [0.15, 0.2) is 61.2 Å². The molecule has 13 heteroatoms. The molecule has 1 N–H and O–H groups in total. The van der Waals surface area contributed by atoms with Crippen LogP contribution in [0, 0.1) is 0 Å². The predicted octanol–water partition coefficient (Wildman–Crippen LogP) is 3.93. The standard InChI is InChI=1S/C29H33Cl2N5O6/c1-2-39-27(37)16-33-28(38)36-13-11-35(12-14-36)22-4-6-23(7-5-22)40-17-24-18-41-29(42-24,19-34-10-9-32-20-34)25-8-3-21(30)15-26(25)31/h3-10,15,20,24H,2,11-14,16-19H2,1H3,(H,33,38). The molecule has 0 aliphatic carbocycles. The van der Waals surface area contributed by atoms with Crippen molar-refractivity contribution in [2.75, 3.05) is 57.4 Å². The molecule has 2 aromatic carbocycles. The summed E-state index contributed by atoms with van der Waals surface area (Å²) in [4.78, 5) is 31.9. The van der Waals surface area contributed by atoms with Crippen molar-refractivity contribution < 1.29 is 28.5 Å². The van der Waals surface area contributed by atoms with Crippen LogP contribution in [0.1, 0.15) is 12.5 Å². The van der Waals surface area contributed by atoms with Gasteiger partial charge in [0.2, 0.25) is 5.79 Å². The van der Waals surface area contributed by atoms with Crippen LogP contribution in [0.2, 0.25) is 10.0 Å². The fourth-order valence-corrected chi connectivity index (χ4v) is 5.51. The molecule has 5 rings (SSSR count). The molecule has 2 fully saturated rings. The molecule has 2 aliphatic rings. The van der Waals surface area contributed by atoms with E-state index in [2.05, 4.69) is 15.2 Å². The Bertz CT molecular complexity index is 1350. The van der Waals surface area contributed by atoms with Crippen molar-refractivity contribution >= 4 is 40.9 Å². The SMILES string of the molecule is CCOC(=O)CNC(=O)N1CCN(c2ccc(OCC3COC(Cn4ccnc4)(c4ccc(Cl)cc4Cl)O3)cc2)CC1. The van der Waals surface area contributed by atoms with Crippen molar-refractivity contribution in [2.24, 2.45) is 0 Å². The van der Waals surface area contributed by atoms with Gasteiger partial charge in [0.1, 0.15) is 25.0 Å². The Labute approximate surface area is 254 Å². The highest BCUT2D eigenvalue weighted by Gasteiger charge is 2.45. The first kappa shape index (κ1) is 30.0. The van der Waals surface area contributed by atoms with Gasteiger partial charge in [0.05, 0.1) is 31.1 Å². The average molecular weight is 619 g/mol. The van der Waals surface area contributed by atoms with Crippen LogP contribution in [0.25, 0.3) is 0 Å². The first-order valence-corrected chi connectivity index (χ1v) is 14.5. The number of hydrogen-bond donors (Lipinski definition) is 1. The number of nitrogens with zero attached hydrogens (tertiary/aromatic N) is 4. The molecule has 1 aromatic heterocycles. The van der Waals surface area contributed by atoms with Gasteiger partial charge in [-0.25, -0.2) is 9.78 Å². The number of benzene rings is 2. The number of hydrogen-bond acceptors (Lipinski definition) is 8. The molecule has 3 heterocycles. The Balaban J connectivity index is 1.13. The number of urea groups is 1. The van der Waals surface area contributed by atoms with Crippen molar-refractivity contribution in [1.82, 2.24) is 19.8 Å². The molecule has 0 radical (unpaired) electrons. The smallest absolute Gasteiger partial charge is 0.325 e. The van der Waals surface area contributed by atoms with E-state index in [-0.39, 0.29) is 31.9 Å². The summed E-state index contributed by atoms with van der Waals surface area (Å²) in [5.41, 5.74) is 1.72. The van der Waals surface area contributed by atoms with Crippen LogP contribution >= 0.6 is 23.2 Å². The van der Waals surface area contributed by atoms with Gasteiger partial charge in [0.25, 0.3) is 0 Å². The summed E-state index contributed by atoms with van der Waals surface area (Å²) in [6, 6.07) is 12.8. The maximum Gasteiger partial charge on any atom is 0.325 e. The molecule has 3 aromatic rings.